The Morgan fingerprint density at radius 1 is 1.14 bits per heavy atom. The number of hydrogen-bond acceptors (Lipinski definition) is 5. The van der Waals surface area contributed by atoms with Gasteiger partial charge in [0, 0.05) is 15.3 Å². The second-order valence-corrected chi connectivity index (χ2v) is 8.27. The molecule has 1 heterocycles. The Morgan fingerprint density at radius 3 is 2.38 bits per heavy atom. The first-order valence-corrected chi connectivity index (χ1v) is 8.39. The fourth-order valence-corrected chi connectivity index (χ4v) is 3.78. The molecule has 1 aromatic carbocycles. The molecule has 0 unspecified atom stereocenters. The monoisotopic (exact) mass is 323 g/mol. The number of hydrogen-bond donors (Lipinski definition) is 1. The van der Waals surface area contributed by atoms with E-state index in [1.54, 1.807) is 30.2 Å². The maximum Gasteiger partial charge on any atom is 0.118 e. The van der Waals surface area contributed by atoms with Gasteiger partial charge in [0.2, 0.25) is 0 Å². The normalized spacial score (nSPS) is 11.9. The topological polar surface area (TPSA) is 32.7 Å². The Morgan fingerprint density at radius 2 is 1.81 bits per heavy atom. The summed E-state index contributed by atoms with van der Waals surface area (Å²) in [5.41, 5.74) is -0.243. The van der Waals surface area contributed by atoms with Gasteiger partial charge in [0.1, 0.15) is 5.75 Å². The van der Waals surface area contributed by atoms with E-state index in [1.807, 2.05) is 32.9 Å². The average molecular weight is 323 g/mol. The van der Waals surface area contributed by atoms with Crippen molar-refractivity contribution in [2.75, 3.05) is 7.11 Å². The highest BCUT2D eigenvalue weighted by Crippen LogP contribution is 2.34. The van der Waals surface area contributed by atoms with E-state index in [-0.39, 0.29) is 5.54 Å². The van der Waals surface area contributed by atoms with Gasteiger partial charge in [-0.25, -0.2) is 0 Å². The highest BCUT2D eigenvalue weighted by Gasteiger charge is 2.19. The Kier molecular flexibility index (Phi) is 5.32. The molecule has 2 rings (SSSR count). The number of benzene rings is 1. The molecule has 0 saturated heterocycles. The molecular weight excluding hydrogens is 302 g/mol. The third kappa shape index (κ3) is 4.74. The third-order valence-electron chi connectivity index (χ3n) is 2.99. The van der Waals surface area contributed by atoms with Gasteiger partial charge in [-0.2, -0.15) is 5.06 Å². The van der Waals surface area contributed by atoms with E-state index in [2.05, 4.69) is 24.3 Å². The fraction of sp³-hybridized carbons (Fsp3) is 0.375. The predicted molar refractivity (Wildman–Crippen MR) is 88.5 cm³/mol. The van der Waals surface area contributed by atoms with Crippen LogP contribution in [0.1, 0.15) is 25.6 Å². The van der Waals surface area contributed by atoms with E-state index in [9.17, 15) is 5.21 Å². The molecular formula is C16H21NO2S2. The molecule has 0 radical (unpaired) electrons. The summed E-state index contributed by atoms with van der Waals surface area (Å²) in [7, 11) is 1.67. The van der Waals surface area contributed by atoms with Gasteiger partial charge in [0.15, 0.2) is 0 Å². The molecule has 3 nitrogen and oxygen atoms in total. The second kappa shape index (κ2) is 6.83. The number of rotatable bonds is 5. The van der Waals surface area contributed by atoms with Gasteiger partial charge in [-0.3, -0.25) is 0 Å². The molecule has 0 atom stereocenters. The highest BCUT2D eigenvalue weighted by molar-refractivity contribution is 8.01. The number of nitrogens with zero attached hydrogens (tertiary/aromatic N) is 1. The van der Waals surface area contributed by atoms with Crippen molar-refractivity contribution in [3.8, 4) is 5.75 Å². The summed E-state index contributed by atoms with van der Waals surface area (Å²) in [5.74, 6) is 0.868. The molecule has 0 aliphatic rings. The largest absolute Gasteiger partial charge is 0.497 e. The van der Waals surface area contributed by atoms with E-state index in [4.69, 9.17) is 4.74 Å². The van der Waals surface area contributed by atoms with E-state index in [1.165, 1.54) is 14.2 Å². The molecule has 0 amide bonds. The first-order chi connectivity index (χ1) is 9.88. The standard InChI is InChI=1S/C16H21NO2S2/c1-16(2,3)17(18)11-14-9-10-15(21-14)20-13-7-5-12(19-4)6-8-13/h5-10,18H,11H2,1-4H3. The molecule has 0 spiro atoms. The Hall–Kier alpha value is -1.01. The van der Waals surface area contributed by atoms with E-state index in [0.29, 0.717) is 6.54 Å². The van der Waals surface area contributed by atoms with Crippen LogP contribution >= 0.6 is 23.1 Å². The molecule has 5 heteroatoms. The SMILES string of the molecule is COc1ccc(Sc2ccc(CN(O)C(C)(C)C)s2)cc1. The van der Waals surface area contributed by atoms with Crippen LogP contribution in [0.25, 0.3) is 0 Å². The minimum Gasteiger partial charge on any atom is -0.497 e. The zero-order valence-corrected chi connectivity index (χ0v) is 14.4. The quantitative estimate of drug-likeness (QED) is 0.794. The molecule has 114 valence electrons. The number of thiophene rings is 1. The van der Waals surface area contributed by atoms with E-state index < -0.39 is 0 Å². The van der Waals surface area contributed by atoms with Gasteiger partial charge >= 0.3 is 0 Å². The first kappa shape index (κ1) is 16.4. The van der Waals surface area contributed by atoms with E-state index in [0.717, 1.165) is 10.6 Å². The van der Waals surface area contributed by atoms with Crippen molar-refractivity contribution in [2.45, 2.75) is 42.0 Å². The van der Waals surface area contributed by atoms with Crippen molar-refractivity contribution in [3.63, 3.8) is 0 Å². The fourth-order valence-electron chi connectivity index (χ4n) is 1.64. The zero-order valence-electron chi connectivity index (χ0n) is 12.8. The number of ether oxygens (including phenoxy) is 1. The summed E-state index contributed by atoms with van der Waals surface area (Å²) < 4.78 is 6.38. The second-order valence-electron chi connectivity index (χ2n) is 5.73. The average Bonchev–Trinajstić information content (AvgIpc) is 2.86. The summed E-state index contributed by atoms with van der Waals surface area (Å²) in [5, 5.41) is 11.4. The molecule has 0 aliphatic heterocycles. The minimum atomic E-state index is -0.243. The highest BCUT2D eigenvalue weighted by atomic mass is 32.2. The molecule has 21 heavy (non-hydrogen) atoms. The molecule has 0 bridgehead atoms. The van der Waals surface area contributed by atoms with Gasteiger partial charge in [-0.15, -0.1) is 11.3 Å². The Labute approximate surface area is 134 Å². The minimum absolute atomic E-state index is 0.243. The molecule has 1 aromatic heterocycles. The third-order valence-corrected chi connectivity index (χ3v) is 5.20. The van der Waals surface area contributed by atoms with Crippen LogP contribution in [0.15, 0.2) is 45.5 Å². The van der Waals surface area contributed by atoms with Crippen LogP contribution in [0.5, 0.6) is 5.75 Å². The van der Waals surface area contributed by atoms with Crippen LogP contribution in [0.4, 0.5) is 0 Å². The van der Waals surface area contributed by atoms with Crippen molar-refractivity contribution >= 4 is 23.1 Å². The molecule has 0 aliphatic carbocycles. The lowest BCUT2D eigenvalue weighted by Crippen LogP contribution is -2.37. The van der Waals surface area contributed by atoms with Gasteiger partial charge < -0.3 is 9.94 Å². The number of hydroxylamine groups is 2. The van der Waals surface area contributed by atoms with Gasteiger partial charge in [-0.1, -0.05) is 11.8 Å². The molecule has 0 fully saturated rings. The molecule has 0 saturated carbocycles. The van der Waals surface area contributed by atoms with Crippen LogP contribution in [0.3, 0.4) is 0 Å². The van der Waals surface area contributed by atoms with Gasteiger partial charge in [0.05, 0.1) is 17.9 Å². The van der Waals surface area contributed by atoms with Crippen molar-refractivity contribution in [2.24, 2.45) is 0 Å². The molecule has 1 N–H and O–H groups in total. The Bertz CT molecular complexity index is 573. The Balaban J connectivity index is 1.99. The van der Waals surface area contributed by atoms with Crippen molar-refractivity contribution in [3.05, 3.63) is 41.3 Å². The number of methoxy groups -OCH3 is 1. The smallest absolute Gasteiger partial charge is 0.118 e. The van der Waals surface area contributed by atoms with Crippen LogP contribution in [0.2, 0.25) is 0 Å². The maximum atomic E-state index is 10.0. The summed E-state index contributed by atoms with van der Waals surface area (Å²) in [6.45, 7) is 6.53. The van der Waals surface area contributed by atoms with Gasteiger partial charge in [-0.05, 0) is 57.2 Å². The zero-order chi connectivity index (χ0) is 15.5. The summed E-state index contributed by atoms with van der Waals surface area (Å²) in [4.78, 5) is 2.34. The summed E-state index contributed by atoms with van der Waals surface area (Å²) >= 11 is 3.44. The van der Waals surface area contributed by atoms with Crippen LogP contribution in [-0.2, 0) is 6.54 Å². The first-order valence-electron chi connectivity index (χ1n) is 6.75. The lowest BCUT2D eigenvalue weighted by molar-refractivity contribution is -0.163. The van der Waals surface area contributed by atoms with Crippen molar-refractivity contribution in [1.29, 1.82) is 0 Å². The van der Waals surface area contributed by atoms with Crippen LogP contribution in [-0.4, -0.2) is 22.9 Å². The lowest BCUT2D eigenvalue weighted by atomic mass is 10.1. The van der Waals surface area contributed by atoms with Crippen molar-refractivity contribution in [1.82, 2.24) is 5.06 Å². The lowest BCUT2D eigenvalue weighted by Gasteiger charge is -2.28. The molecule has 2 aromatic rings. The van der Waals surface area contributed by atoms with Gasteiger partial charge in [0.25, 0.3) is 0 Å². The van der Waals surface area contributed by atoms with Crippen LogP contribution < -0.4 is 4.74 Å². The summed E-state index contributed by atoms with van der Waals surface area (Å²) in [6, 6.07) is 12.2. The maximum absolute atomic E-state index is 10.0. The van der Waals surface area contributed by atoms with Crippen LogP contribution in [0, 0.1) is 0 Å². The van der Waals surface area contributed by atoms with Crippen molar-refractivity contribution < 1.29 is 9.94 Å². The van der Waals surface area contributed by atoms with E-state index >= 15 is 0 Å². The summed E-state index contributed by atoms with van der Waals surface area (Å²) in [6.07, 6.45) is 0. The predicted octanol–water partition coefficient (Wildman–Crippen LogP) is 4.90.